The highest BCUT2D eigenvalue weighted by Crippen LogP contribution is 2.62. The third-order valence-corrected chi connectivity index (χ3v) is 7.14. The molecule has 0 bridgehead atoms. The first-order chi connectivity index (χ1) is 11.4. The molecule has 0 amide bonds. The third-order valence-electron chi connectivity index (χ3n) is 7.14. The third kappa shape index (κ3) is 2.72. The highest BCUT2D eigenvalue weighted by atomic mass is 16.5. The maximum atomic E-state index is 12.5. The van der Waals surface area contributed by atoms with Crippen LogP contribution in [0.25, 0.3) is 0 Å². The Bertz CT molecular complexity index is 615. The number of furan rings is 1. The van der Waals surface area contributed by atoms with Crippen LogP contribution in [0.3, 0.4) is 0 Å². The maximum Gasteiger partial charge on any atom is 0.309 e. The van der Waals surface area contributed by atoms with Crippen LogP contribution in [0.15, 0.2) is 34.7 Å². The SMILES string of the molecule is COC(=O)[C@@H]1CC[C@@]2(C)C(C)=CCC[C@@H]2[C@@]1(C)CCc1ccoc1. The molecule has 0 saturated heterocycles. The highest BCUT2D eigenvalue weighted by Gasteiger charge is 2.56. The average molecular weight is 330 g/mol. The molecule has 0 spiro atoms. The largest absolute Gasteiger partial charge is 0.472 e. The standard InChI is InChI=1S/C21H30O3/c1-15-6-5-7-18-20(15,2)12-9-17(19(22)23-4)21(18,3)11-8-16-10-13-24-14-16/h6,10,13-14,17-18H,5,7-9,11-12H2,1-4H3/t17-,18-,20-,21-/m0/s1. The predicted molar refractivity (Wildman–Crippen MR) is 94.5 cm³/mol. The van der Waals surface area contributed by atoms with Gasteiger partial charge in [0.05, 0.1) is 25.6 Å². The summed E-state index contributed by atoms with van der Waals surface area (Å²) in [5, 5.41) is 0. The van der Waals surface area contributed by atoms with E-state index in [1.807, 2.05) is 12.3 Å². The van der Waals surface area contributed by atoms with Crippen LogP contribution < -0.4 is 0 Å². The second-order valence-corrected chi connectivity index (χ2v) is 8.19. The fourth-order valence-corrected chi connectivity index (χ4v) is 5.47. The second-order valence-electron chi connectivity index (χ2n) is 8.19. The number of methoxy groups -OCH3 is 1. The van der Waals surface area contributed by atoms with E-state index in [4.69, 9.17) is 9.15 Å². The van der Waals surface area contributed by atoms with Crippen LogP contribution in [0.1, 0.15) is 58.4 Å². The monoisotopic (exact) mass is 330 g/mol. The molecule has 1 aromatic rings. The van der Waals surface area contributed by atoms with E-state index in [1.54, 1.807) is 6.26 Å². The van der Waals surface area contributed by atoms with Gasteiger partial charge in [-0.2, -0.15) is 0 Å². The van der Waals surface area contributed by atoms with Crippen molar-refractivity contribution in [1.29, 1.82) is 0 Å². The Morgan fingerprint density at radius 1 is 1.38 bits per heavy atom. The van der Waals surface area contributed by atoms with E-state index >= 15 is 0 Å². The number of esters is 1. The van der Waals surface area contributed by atoms with Crippen molar-refractivity contribution >= 4 is 5.97 Å². The maximum absolute atomic E-state index is 12.5. The van der Waals surface area contributed by atoms with E-state index in [-0.39, 0.29) is 22.7 Å². The van der Waals surface area contributed by atoms with Crippen molar-refractivity contribution in [1.82, 2.24) is 0 Å². The molecule has 1 heterocycles. The zero-order chi connectivity index (χ0) is 17.4. The smallest absolute Gasteiger partial charge is 0.309 e. The number of allylic oxidation sites excluding steroid dienone is 2. The van der Waals surface area contributed by atoms with Gasteiger partial charge in [0, 0.05) is 0 Å². The number of fused-ring (bicyclic) bond motifs is 1. The Hall–Kier alpha value is -1.51. The van der Waals surface area contributed by atoms with Gasteiger partial charge in [-0.3, -0.25) is 4.79 Å². The molecule has 0 radical (unpaired) electrons. The van der Waals surface area contributed by atoms with Gasteiger partial charge < -0.3 is 9.15 Å². The van der Waals surface area contributed by atoms with Gasteiger partial charge in [0.2, 0.25) is 0 Å². The number of aryl methyl sites for hydroxylation is 1. The molecule has 0 aromatic carbocycles. The summed E-state index contributed by atoms with van der Waals surface area (Å²) in [6.07, 6.45) is 12.2. The van der Waals surface area contributed by atoms with Crippen molar-refractivity contribution in [3.63, 3.8) is 0 Å². The number of hydrogen-bond acceptors (Lipinski definition) is 3. The number of carbonyl (C=O) groups excluding carboxylic acids is 1. The van der Waals surface area contributed by atoms with Crippen LogP contribution in [0.4, 0.5) is 0 Å². The van der Waals surface area contributed by atoms with Gasteiger partial charge in [-0.05, 0) is 73.8 Å². The lowest BCUT2D eigenvalue weighted by molar-refractivity contribution is -0.160. The highest BCUT2D eigenvalue weighted by molar-refractivity contribution is 5.73. The molecule has 2 aliphatic carbocycles. The minimum absolute atomic E-state index is 0.00150. The van der Waals surface area contributed by atoms with E-state index in [0.29, 0.717) is 5.92 Å². The van der Waals surface area contributed by atoms with Crippen molar-refractivity contribution in [3.05, 3.63) is 35.8 Å². The molecule has 0 unspecified atom stereocenters. The minimum Gasteiger partial charge on any atom is -0.472 e. The van der Waals surface area contributed by atoms with Gasteiger partial charge in [-0.1, -0.05) is 25.5 Å². The minimum atomic E-state index is -0.0348. The van der Waals surface area contributed by atoms with Crippen LogP contribution in [0.5, 0.6) is 0 Å². The molecule has 1 fully saturated rings. The molecule has 3 nitrogen and oxygen atoms in total. The number of ether oxygens (including phenoxy) is 1. The quantitative estimate of drug-likeness (QED) is 0.565. The zero-order valence-corrected chi connectivity index (χ0v) is 15.4. The molecule has 3 heteroatoms. The molecule has 4 atom stereocenters. The van der Waals surface area contributed by atoms with Crippen LogP contribution in [-0.2, 0) is 16.0 Å². The van der Waals surface area contributed by atoms with Crippen molar-refractivity contribution in [3.8, 4) is 0 Å². The lowest BCUT2D eigenvalue weighted by Gasteiger charge is -2.57. The van der Waals surface area contributed by atoms with E-state index < -0.39 is 0 Å². The first-order valence-corrected chi connectivity index (χ1v) is 9.18. The van der Waals surface area contributed by atoms with Crippen molar-refractivity contribution in [2.45, 2.75) is 59.3 Å². The summed E-state index contributed by atoms with van der Waals surface area (Å²) in [5.74, 6) is 0.497. The Morgan fingerprint density at radius 3 is 2.83 bits per heavy atom. The topological polar surface area (TPSA) is 39.4 Å². The van der Waals surface area contributed by atoms with Gasteiger partial charge in [-0.15, -0.1) is 0 Å². The Morgan fingerprint density at radius 2 is 2.17 bits per heavy atom. The summed E-state index contributed by atoms with van der Waals surface area (Å²) in [4.78, 5) is 12.5. The summed E-state index contributed by atoms with van der Waals surface area (Å²) < 4.78 is 10.4. The molecule has 3 rings (SSSR count). The Labute approximate surface area is 145 Å². The van der Waals surface area contributed by atoms with Crippen LogP contribution >= 0.6 is 0 Å². The fourth-order valence-electron chi connectivity index (χ4n) is 5.47. The van der Waals surface area contributed by atoms with Crippen molar-refractivity contribution in [2.75, 3.05) is 7.11 Å². The van der Waals surface area contributed by atoms with E-state index in [2.05, 4.69) is 26.8 Å². The van der Waals surface area contributed by atoms with Gasteiger partial charge >= 0.3 is 5.97 Å². The lowest BCUT2D eigenvalue weighted by Crippen LogP contribution is -2.52. The van der Waals surface area contributed by atoms with E-state index in [1.165, 1.54) is 24.7 Å². The molecular weight excluding hydrogens is 300 g/mol. The first kappa shape index (κ1) is 17.3. The molecule has 1 saturated carbocycles. The first-order valence-electron chi connectivity index (χ1n) is 9.18. The van der Waals surface area contributed by atoms with Crippen LogP contribution in [0, 0.1) is 22.7 Å². The Kier molecular flexibility index (Phi) is 4.63. The molecule has 2 aliphatic rings. The lowest BCUT2D eigenvalue weighted by atomic mass is 9.46. The molecule has 132 valence electrons. The zero-order valence-electron chi connectivity index (χ0n) is 15.4. The summed E-state index contributed by atoms with van der Waals surface area (Å²) >= 11 is 0. The average Bonchev–Trinajstić information content (AvgIpc) is 3.08. The molecule has 0 N–H and O–H groups in total. The second kappa shape index (κ2) is 6.42. The van der Waals surface area contributed by atoms with Crippen molar-refractivity contribution in [2.24, 2.45) is 22.7 Å². The van der Waals surface area contributed by atoms with E-state index in [0.717, 1.165) is 32.1 Å². The van der Waals surface area contributed by atoms with Gasteiger partial charge in [0.15, 0.2) is 0 Å². The molecule has 0 aliphatic heterocycles. The van der Waals surface area contributed by atoms with Gasteiger partial charge in [0.25, 0.3) is 0 Å². The summed E-state index contributed by atoms with van der Waals surface area (Å²) in [6, 6.07) is 2.03. The van der Waals surface area contributed by atoms with Gasteiger partial charge in [0.1, 0.15) is 0 Å². The summed E-state index contributed by atoms with van der Waals surface area (Å²) in [7, 11) is 1.53. The predicted octanol–water partition coefficient (Wildman–Crippen LogP) is 5.16. The van der Waals surface area contributed by atoms with Crippen LogP contribution in [-0.4, -0.2) is 13.1 Å². The number of rotatable bonds is 4. The van der Waals surface area contributed by atoms with Crippen molar-refractivity contribution < 1.29 is 13.9 Å². The normalized spacial score (nSPS) is 35.9. The Balaban J connectivity index is 1.93. The van der Waals surface area contributed by atoms with Gasteiger partial charge in [-0.25, -0.2) is 0 Å². The van der Waals surface area contributed by atoms with Crippen LogP contribution in [0.2, 0.25) is 0 Å². The number of hydrogen-bond donors (Lipinski definition) is 0. The fraction of sp³-hybridized carbons (Fsp3) is 0.667. The summed E-state index contributed by atoms with van der Waals surface area (Å²) in [5.41, 5.74) is 2.91. The summed E-state index contributed by atoms with van der Waals surface area (Å²) in [6.45, 7) is 7.02. The number of carbonyl (C=O) groups is 1. The molecular formula is C21H30O3. The molecule has 24 heavy (non-hydrogen) atoms. The van der Waals surface area contributed by atoms with E-state index in [9.17, 15) is 4.79 Å². The molecule has 1 aromatic heterocycles.